The van der Waals surface area contributed by atoms with Gasteiger partial charge in [-0.15, -0.1) is 0 Å². The Bertz CT molecular complexity index is 894. The molecule has 2 saturated heterocycles. The Morgan fingerprint density at radius 2 is 2.00 bits per heavy atom. The summed E-state index contributed by atoms with van der Waals surface area (Å²) >= 11 is 0. The molecular formula is C21H23NO4. The zero-order valence-electron chi connectivity index (χ0n) is 15.2. The van der Waals surface area contributed by atoms with E-state index in [9.17, 15) is 14.7 Å². The molecule has 5 heteroatoms. The van der Waals surface area contributed by atoms with Gasteiger partial charge in [0.25, 0.3) is 0 Å². The highest BCUT2D eigenvalue weighted by atomic mass is 16.5. The summed E-state index contributed by atoms with van der Waals surface area (Å²) in [4.78, 5) is 28.4. The zero-order chi connectivity index (χ0) is 18.0. The Labute approximate surface area is 152 Å². The number of Topliss-reactive ketones (excluding diaryl/α,β-unsaturated/α-hetero) is 1. The highest BCUT2D eigenvalue weighted by molar-refractivity contribution is 6.11. The van der Waals surface area contributed by atoms with Crippen LogP contribution < -0.4 is 0 Å². The minimum absolute atomic E-state index is 0.0325. The zero-order valence-corrected chi connectivity index (χ0v) is 15.2. The van der Waals surface area contributed by atoms with Crippen LogP contribution in [-0.2, 0) is 14.3 Å². The molecule has 3 heterocycles. The number of aliphatic hydroxyl groups is 1. The van der Waals surface area contributed by atoms with Crippen molar-refractivity contribution in [3.8, 4) is 0 Å². The molecule has 0 aromatic carbocycles. The van der Waals surface area contributed by atoms with Crippen molar-refractivity contribution in [2.45, 2.75) is 51.6 Å². The van der Waals surface area contributed by atoms with E-state index in [1.54, 1.807) is 0 Å². The standard InChI is InChI=1S/C21H23NO4/c1-9-12-7-14-21(2)10(8-22(9)14)3-4-13(23)15-11-5-6-26-20(25)16(11)17(18(15)21)19(12)24/h9-10,12,14,24H,3-8H2,1-2H3/t9-,10+,12+,14+,21+/m0/s1. The van der Waals surface area contributed by atoms with Crippen molar-refractivity contribution in [1.29, 1.82) is 0 Å². The van der Waals surface area contributed by atoms with Gasteiger partial charge in [0.2, 0.25) is 0 Å². The maximum absolute atomic E-state index is 13.1. The van der Waals surface area contributed by atoms with Crippen LogP contribution in [0.1, 0.15) is 39.5 Å². The third kappa shape index (κ3) is 1.43. The Morgan fingerprint density at radius 1 is 1.19 bits per heavy atom. The van der Waals surface area contributed by atoms with Crippen LogP contribution in [0, 0.1) is 17.3 Å². The molecule has 5 atom stereocenters. The Morgan fingerprint density at radius 3 is 2.81 bits per heavy atom. The summed E-state index contributed by atoms with van der Waals surface area (Å²) in [6.07, 6.45) is 2.93. The lowest BCUT2D eigenvalue weighted by atomic mass is 9.66. The molecule has 6 rings (SSSR count). The Kier molecular flexibility index (Phi) is 2.63. The van der Waals surface area contributed by atoms with Crippen molar-refractivity contribution in [3.05, 3.63) is 33.6 Å². The van der Waals surface area contributed by atoms with E-state index in [0.717, 1.165) is 36.1 Å². The molecule has 0 aromatic heterocycles. The molecule has 0 amide bonds. The number of carbonyl (C=O) groups excluding carboxylic acids is 2. The van der Waals surface area contributed by atoms with Crippen molar-refractivity contribution >= 4 is 11.8 Å². The summed E-state index contributed by atoms with van der Waals surface area (Å²) in [5, 5.41) is 11.3. The summed E-state index contributed by atoms with van der Waals surface area (Å²) in [7, 11) is 0. The van der Waals surface area contributed by atoms with Crippen LogP contribution in [0.4, 0.5) is 0 Å². The molecule has 0 radical (unpaired) electrons. The number of hydrogen-bond donors (Lipinski definition) is 1. The van der Waals surface area contributed by atoms with Gasteiger partial charge < -0.3 is 9.84 Å². The predicted molar refractivity (Wildman–Crippen MR) is 93.2 cm³/mol. The molecule has 2 fully saturated rings. The lowest BCUT2D eigenvalue weighted by Gasteiger charge is -2.38. The van der Waals surface area contributed by atoms with Gasteiger partial charge in [-0.05, 0) is 36.8 Å². The first-order valence-corrected chi connectivity index (χ1v) is 9.82. The molecule has 0 unspecified atom stereocenters. The SMILES string of the molecule is C[C@H]1[C@H]2C[C@H]3N1C[C@H]1CCC(=O)C4=C(C(=C2O)C2=C4CCOC2=O)[C@]13C. The number of fused-ring (bicyclic) bond motifs is 3. The fourth-order valence-electron chi connectivity index (χ4n) is 6.98. The molecular weight excluding hydrogens is 330 g/mol. The number of carbonyl (C=O) groups is 2. The number of nitrogens with zero attached hydrogens (tertiary/aromatic N) is 1. The van der Waals surface area contributed by atoms with E-state index < -0.39 is 0 Å². The van der Waals surface area contributed by atoms with Crippen LogP contribution in [0.5, 0.6) is 0 Å². The first-order chi connectivity index (χ1) is 12.4. The molecule has 5 nitrogen and oxygen atoms in total. The van der Waals surface area contributed by atoms with E-state index in [2.05, 4.69) is 18.7 Å². The van der Waals surface area contributed by atoms with Gasteiger partial charge in [-0.1, -0.05) is 6.92 Å². The fraction of sp³-hybridized carbons (Fsp3) is 0.619. The number of ketones is 1. The lowest BCUT2D eigenvalue weighted by Crippen LogP contribution is -2.39. The van der Waals surface area contributed by atoms with Gasteiger partial charge >= 0.3 is 5.97 Å². The number of hydrogen-bond acceptors (Lipinski definition) is 5. The first-order valence-electron chi connectivity index (χ1n) is 9.82. The molecule has 3 aliphatic carbocycles. The summed E-state index contributed by atoms with van der Waals surface area (Å²) < 4.78 is 5.33. The number of aliphatic hydroxyl groups excluding tert-OH is 1. The van der Waals surface area contributed by atoms with Gasteiger partial charge in [-0.25, -0.2) is 4.79 Å². The molecule has 0 saturated carbocycles. The van der Waals surface area contributed by atoms with Gasteiger partial charge in [-0.2, -0.15) is 0 Å². The average Bonchev–Trinajstić information content (AvgIpc) is 3.18. The van der Waals surface area contributed by atoms with E-state index in [-0.39, 0.29) is 29.1 Å². The fourth-order valence-corrected chi connectivity index (χ4v) is 6.98. The van der Waals surface area contributed by atoms with Crippen molar-refractivity contribution in [2.24, 2.45) is 17.3 Å². The van der Waals surface area contributed by atoms with E-state index in [1.807, 2.05) is 0 Å². The van der Waals surface area contributed by atoms with Crippen LogP contribution in [0.15, 0.2) is 33.6 Å². The lowest BCUT2D eigenvalue weighted by molar-refractivity contribution is -0.139. The molecule has 136 valence electrons. The van der Waals surface area contributed by atoms with E-state index >= 15 is 0 Å². The van der Waals surface area contributed by atoms with E-state index in [4.69, 9.17) is 4.74 Å². The first kappa shape index (κ1) is 15.2. The van der Waals surface area contributed by atoms with Gasteiger partial charge in [0.05, 0.1) is 12.2 Å². The monoisotopic (exact) mass is 353 g/mol. The molecule has 0 aromatic rings. The molecule has 3 aliphatic heterocycles. The van der Waals surface area contributed by atoms with Crippen molar-refractivity contribution in [3.63, 3.8) is 0 Å². The highest BCUT2D eigenvalue weighted by Gasteiger charge is 2.65. The van der Waals surface area contributed by atoms with Crippen molar-refractivity contribution in [2.75, 3.05) is 13.2 Å². The maximum Gasteiger partial charge on any atom is 0.339 e. The molecule has 2 bridgehead atoms. The minimum atomic E-state index is -0.367. The second kappa shape index (κ2) is 4.50. The third-order valence-corrected chi connectivity index (χ3v) is 8.24. The largest absolute Gasteiger partial charge is 0.511 e. The minimum Gasteiger partial charge on any atom is -0.511 e. The quantitative estimate of drug-likeness (QED) is 0.678. The van der Waals surface area contributed by atoms with Gasteiger partial charge in [-0.3, -0.25) is 9.69 Å². The summed E-state index contributed by atoms with van der Waals surface area (Å²) in [6.45, 7) is 5.79. The smallest absolute Gasteiger partial charge is 0.339 e. The van der Waals surface area contributed by atoms with Gasteiger partial charge in [0, 0.05) is 53.9 Å². The van der Waals surface area contributed by atoms with Crippen molar-refractivity contribution < 1.29 is 19.4 Å². The van der Waals surface area contributed by atoms with Crippen LogP contribution >= 0.6 is 0 Å². The number of allylic oxidation sites excluding steroid dienone is 1. The molecule has 6 aliphatic rings. The van der Waals surface area contributed by atoms with E-state index in [0.29, 0.717) is 48.3 Å². The number of cyclic esters (lactones) is 1. The van der Waals surface area contributed by atoms with Crippen molar-refractivity contribution in [1.82, 2.24) is 4.90 Å². The van der Waals surface area contributed by atoms with Crippen LogP contribution in [0.25, 0.3) is 0 Å². The average molecular weight is 353 g/mol. The van der Waals surface area contributed by atoms with Crippen LogP contribution in [-0.4, -0.2) is 47.0 Å². The highest BCUT2D eigenvalue weighted by Crippen LogP contribution is 2.65. The van der Waals surface area contributed by atoms with Gasteiger partial charge in [0.15, 0.2) is 5.78 Å². The predicted octanol–water partition coefficient (Wildman–Crippen LogP) is 2.44. The summed E-state index contributed by atoms with van der Waals surface area (Å²) in [6, 6.07) is 0.599. The second-order valence-corrected chi connectivity index (χ2v) is 8.99. The Balaban J connectivity index is 1.74. The molecule has 1 N–H and O–H groups in total. The third-order valence-electron chi connectivity index (χ3n) is 8.24. The van der Waals surface area contributed by atoms with Crippen LogP contribution in [0.3, 0.4) is 0 Å². The van der Waals surface area contributed by atoms with Crippen LogP contribution in [0.2, 0.25) is 0 Å². The van der Waals surface area contributed by atoms with Gasteiger partial charge in [0.1, 0.15) is 5.76 Å². The summed E-state index contributed by atoms with van der Waals surface area (Å²) in [5.41, 5.74) is 3.56. The van der Waals surface area contributed by atoms with E-state index in [1.165, 1.54) is 0 Å². The normalized spacial score (nSPS) is 43.8. The second-order valence-electron chi connectivity index (χ2n) is 8.99. The molecule has 0 spiro atoms. The number of ether oxygens (including phenoxy) is 1. The number of esters is 1. The molecule has 26 heavy (non-hydrogen) atoms. The number of rotatable bonds is 0. The summed E-state index contributed by atoms with van der Waals surface area (Å²) in [5.74, 6) is 0.531. The Hall–Kier alpha value is -1.88. The maximum atomic E-state index is 13.1. The topological polar surface area (TPSA) is 66.8 Å².